The highest BCUT2D eigenvalue weighted by Gasteiger charge is 2.19. The summed E-state index contributed by atoms with van der Waals surface area (Å²) in [5.41, 5.74) is 0. The molecular formula is C68H128O6. The molecule has 436 valence electrons. The van der Waals surface area contributed by atoms with E-state index in [-0.39, 0.29) is 31.1 Å². The van der Waals surface area contributed by atoms with E-state index in [1.54, 1.807) is 0 Å². The van der Waals surface area contributed by atoms with Crippen LogP contribution in [0.2, 0.25) is 0 Å². The van der Waals surface area contributed by atoms with E-state index in [2.05, 4.69) is 45.1 Å². The number of allylic oxidation sites excluding steroid dienone is 4. The predicted octanol–water partition coefficient (Wildman–Crippen LogP) is 22.6. The summed E-state index contributed by atoms with van der Waals surface area (Å²) in [6.45, 7) is 6.70. The Morgan fingerprint density at radius 3 is 0.676 bits per heavy atom. The summed E-state index contributed by atoms with van der Waals surface area (Å²) in [6.07, 6.45) is 76.2. The molecule has 0 aromatic rings. The Balaban J connectivity index is 4.28. The van der Waals surface area contributed by atoms with Crippen molar-refractivity contribution < 1.29 is 28.6 Å². The zero-order chi connectivity index (χ0) is 53.6. The van der Waals surface area contributed by atoms with Crippen LogP contribution in [0.4, 0.5) is 0 Å². The number of unbranched alkanes of at least 4 members (excludes halogenated alkanes) is 47. The predicted molar refractivity (Wildman–Crippen MR) is 321 cm³/mol. The molecule has 0 aliphatic rings. The van der Waals surface area contributed by atoms with Crippen LogP contribution in [0.25, 0.3) is 0 Å². The molecule has 0 aliphatic carbocycles. The molecule has 0 heterocycles. The van der Waals surface area contributed by atoms with Crippen LogP contribution in [0.1, 0.15) is 374 Å². The number of rotatable bonds is 62. The lowest BCUT2D eigenvalue weighted by Crippen LogP contribution is -2.30. The van der Waals surface area contributed by atoms with Crippen molar-refractivity contribution in [2.45, 2.75) is 380 Å². The van der Waals surface area contributed by atoms with Crippen molar-refractivity contribution in [1.29, 1.82) is 0 Å². The van der Waals surface area contributed by atoms with Crippen molar-refractivity contribution >= 4 is 17.9 Å². The molecular weight excluding hydrogens is 913 g/mol. The third-order valence-electron chi connectivity index (χ3n) is 15.2. The highest BCUT2D eigenvalue weighted by atomic mass is 16.6. The lowest BCUT2D eigenvalue weighted by Gasteiger charge is -2.18. The summed E-state index contributed by atoms with van der Waals surface area (Å²) < 4.78 is 17.0. The average Bonchev–Trinajstić information content (AvgIpc) is 3.40. The molecule has 0 aliphatic heterocycles. The Kier molecular flexibility index (Phi) is 61.6. The van der Waals surface area contributed by atoms with Crippen LogP contribution in [0.15, 0.2) is 24.3 Å². The molecule has 0 spiro atoms. The first-order chi connectivity index (χ1) is 36.5. The first-order valence-electron chi connectivity index (χ1n) is 33.3. The van der Waals surface area contributed by atoms with E-state index in [0.29, 0.717) is 19.3 Å². The molecule has 0 fully saturated rings. The minimum absolute atomic E-state index is 0.0690. The normalized spacial score (nSPS) is 12.1. The van der Waals surface area contributed by atoms with E-state index in [4.69, 9.17) is 14.2 Å². The van der Waals surface area contributed by atoms with Crippen LogP contribution in [0.5, 0.6) is 0 Å². The van der Waals surface area contributed by atoms with Gasteiger partial charge in [-0.15, -0.1) is 0 Å². The van der Waals surface area contributed by atoms with Gasteiger partial charge in [0.05, 0.1) is 0 Å². The fraction of sp³-hybridized carbons (Fsp3) is 0.897. The largest absolute Gasteiger partial charge is 0.462 e. The van der Waals surface area contributed by atoms with Crippen molar-refractivity contribution in [3.63, 3.8) is 0 Å². The maximum Gasteiger partial charge on any atom is 0.306 e. The van der Waals surface area contributed by atoms with Crippen molar-refractivity contribution in [2.75, 3.05) is 13.2 Å². The Morgan fingerprint density at radius 1 is 0.257 bits per heavy atom. The Bertz CT molecular complexity index is 1190. The van der Waals surface area contributed by atoms with Gasteiger partial charge in [0.15, 0.2) is 6.10 Å². The van der Waals surface area contributed by atoms with Gasteiger partial charge in [0.2, 0.25) is 0 Å². The second-order valence-corrected chi connectivity index (χ2v) is 22.7. The van der Waals surface area contributed by atoms with Crippen LogP contribution in [-0.4, -0.2) is 37.2 Å². The molecule has 0 bridgehead atoms. The highest BCUT2D eigenvalue weighted by Crippen LogP contribution is 2.18. The molecule has 0 amide bonds. The number of esters is 3. The molecule has 1 unspecified atom stereocenters. The van der Waals surface area contributed by atoms with E-state index in [1.165, 1.54) is 270 Å². The fourth-order valence-corrected chi connectivity index (χ4v) is 10.1. The molecule has 0 rings (SSSR count). The van der Waals surface area contributed by atoms with E-state index in [1.807, 2.05) is 0 Å². The van der Waals surface area contributed by atoms with Gasteiger partial charge < -0.3 is 14.2 Å². The van der Waals surface area contributed by atoms with Gasteiger partial charge >= 0.3 is 17.9 Å². The fourth-order valence-electron chi connectivity index (χ4n) is 10.1. The van der Waals surface area contributed by atoms with Gasteiger partial charge in [-0.2, -0.15) is 0 Å². The summed E-state index contributed by atoms with van der Waals surface area (Å²) in [6, 6.07) is 0. The van der Waals surface area contributed by atoms with Crippen LogP contribution in [0.3, 0.4) is 0 Å². The maximum atomic E-state index is 12.9. The van der Waals surface area contributed by atoms with Crippen molar-refractivity contribution in [3.05, 3.63) is 24.3 Å². The summed E-state index contributed by atoms with van der Waals surface area (Å²) in [5, 5.41) is 0. The highest BCUT2D eigenvalue weighted by molar-refractivity contribution is 5.71. The van der Waals surface area contributed by atoms with E-state index >= 15 is 0 Å². The number of hydrogen-bond donors (Lipinski definition) is 0. The first-order valence-corrected chi connectivity index (χ1v) is 33.3. The molecule has 0 saturated heterocycles. The molecule has 1 atom stereocenters. The summed E-state index contributed by atoms with van der Waals surface area (Å²) >= 11 is 0. The molecule has 74 heavy (non-hydrogen) atoms. The van der Waals surface area contributed by atoms with Gasteiger partial charge in [-0.3, -0.25) is 14.4 Å². The molecule has 0 N–H and O–H groups in total. The Hall–Kier alpha value is -2.11. The van der Waals surface area contributed by atoms with Gasteiger partial charge in [-0.1, -0.05) is 308 Å². The minimum atomic E-state index is -0.772. The zero-order valence-corrected chi connectivity index (χ0v) is 50.1. The van der Waals surface area contributed by atoms with Crippen molar-refractivity contribution in [1.82, 2.24) is 0 Å². The van der Waals surface area contributed by atoms with Crippen LogP contribution in [-0.2, 0) is 28.6 Å². The molecule has 0 saturated carbocycles. The Labute approximate surface area is 462 Å². The van der Waals surface area contributed by atoms with Gasteiger partial charge in [0.1, 0.15) is 13.2 Å². The van der Waals surface area contributed by atoms with Crippen LogP contribution < -0.4 is 0 Å². The topological polar surface area (TPSA) is 78.9 Å². The summed E-state index contributed by atoms with van der Waals surface area (Å²) in [4.78, 5) is 38.3. The molecule has 6 nitrogen and oxygen atoms in total. The first kappa shape index (κ1) is 71.9. The zero-order valence-electron chi connectivity index (χ0n) is 50.1. The van der Waals surface area contributed by atoms with Gasteiger partial charge in [-0.05, 0) is 70.6 Å². The SMILES string of the molecule is CCCCCCCC/C=C\CCCCCCCC(=O)OCC(COC(=O)CCCCCCCCCCCCC/C=C\CCCCCCCCCC)OC(=O)CCCCCCCCCCCCCCCCCCCC. The standard InChI is InChI=1S/C68H128O6/c1-4-7-10-13-16-19-22-25-28-30-32-33-34-35-36-38-40-43-46-49-52-55-58-61-67(70)73-64-65(63-72-66(69)60-57-54-51-48-45-42-39-27-24-21-18-15-12-9-6-3)74-68(71)62-59-56-53-50-47-44-41-37-31-29-26-23-20-17-14-11-8-5-2/h27,30,32,39,65H,4-26,28-29,31,33-38,40-64H2,1-3H3/b32-30-,39-27-. The monoisotopic (exact) mass is 1040 g/mol. The van der Waals surface area contributed by atoms with E-state index < -0.39 is 6.10 Å². The molecule has 0 radical (unpaired) electrons. The number of carbonyl (C=O) groups is 3. The number of ether oxygens (including phenoxy) is 3. The van der Waals surface area contributed by atoms with Crippen molar-refractivity contribution in [2.24, 2.45) is 0 Å². The van der Waals surface area contributed by atoms with E-state index in [9.17, 15) is 14.4 Å². The van der Waals surface area contributed by atoms with Gasteiger partial charge in [-0.25, -0.2) is 0 Å². The molecule has 6 heteroatoms. The lowest BCUT2D eigenvalue weighted by molar-refractivity contribution is -0.167. The number of carbonyl (C=O) groups excluding carboxylic acids is 3. The summed E-state index contributed by atoms with van der Waals surface area (Å²) in [5.74, 6) is -0.850. The third-order valence-corrected chi connectivity index (χ3v) is 15.2. The van der Waals surface area contributed by atoms with Crippen LogP contribution >= 0.6 is 0 Å². The molecule has 0 aromatic carbocycles. The van der Waals surface area contributed by atoms with Gasteiger partial charge in [0.25, 0.3) is 0 Å². The smallest absolute Gasteiger partial charge is 0.306 e. The Morgan fingerprint density at radius 2 is 0.446 bits per heavy atom. The van der Waals surface area contributed by atoms with Crippen molar-refractivity contribution in [3.8, 4) is 0 Å². The lowest BCUT2D eigenvalue weighted by atomic mass is 10.0. The van der Waals surface area contributed by atoms with E-state index in [0.717, 1.165) is 64.2 Å². The third kappa shape index (κ3) is 60.8. The molecule has 0 aromatic heterocycles. The maximum absolute atomic E-state index is 12.9. The number of hydrogen-bond acceptors (Lipinski definition) is 6. The van der Waals surface area contributed by atoms with Gasteiger partial charge in [0, 0.05) is 19.3 Å². The second kappa shape index (κ2) is 63.4. The summed E-state index contributed by atoms with van der Waals surface area (Å²) in [7, 11) is 0. The average molecular weight is 1040 g/mol. The van der Waals surface area contributed by atoms with Crippen LogP contribution in [0, 0.1) is 0 Å². The minimum Gasteiger partial charge on any atom is -0.462 e. The quantitative estimate of drug-likeness (QED) is 0.0261. The second-order valence-electron chi connectivity index (χ2n) is 22.7.